The SMILES string of the molecule is O=C(Nc1ccc(Cl)cc1)N[C@H](Cc1cc2ccccc2[nH]1)C(=O)Nc1ccc(N2CCOCC2=O)cc1. The highest BCUT2D eigenvalue weighted by Gasteiger charge is 2.24. The maximum Gasteiger partial charge on any atom is 0.319 e. The molecule has 4 amide bonds. The molecule has 10 heteroatoms. The second-order valence-corrected chi connectivity index (χ2v) is 9.31. The minimum absolute atomic E-state index is 0.0533. The van der Waals surface area contributed by atoms with E-state index in [0.717, 1.165) is 22.3 Å². The maximum atomic E-state index is 13.3. The number of morpholine rings is 1. The van der Waals surface area contributed by atoms with Crippen LogP contribution in [0.1, 0.15) is 5.69 Å². The number of nitrogens with one attached hydrogen (secondary N) is 4. The van der Waals surface area contributed by atoms with E-state index in [1.807, 2.05) is 30.3 Å². The highest BCUT2D eigenvalue weighted by atomic mass is 35.5. The van der Waals surface area contributed by atoms with E-state index in [1.165, 1.54) is 0 Å². The summed E-state index contributed by atoms with van der Waals surface area (Å²) in [6.45, 7) is 1.00. The summed E-state index contributed by atoms with van der Waals surface area (Å²) in [6.07, 6.45) is 0.245. The van der Waals surface area contributed by atoms with Gasteiger partial charge in [0.1, 0.15) is 12.6 Å². The molecule has 1 fully saturated rings. The Morgan fingerprint density at radius 1 is 0.974 bits per heavy atom. The Labute approximate surface area is 224 Å². The van der Waals surface area contributed by atoms with Crippen molar-refractivity contribution in [1.29, 1.82) is 0 Å². The molecular formula is C28H26ClN5O4. The van der Waals surface area contributed by atoms with Crippen LogP contribution >= 0.6 is 11.6 Å². The Balaban J connectivity index is 1.30. The van der Waals surface area contributed by atoms with Crippen LogP contribution in [0.15, 0.2) is 78.9 Å². The number of nitrogens with zero attached hydrogens (tertiary/aromatic N) is 1. The van der Waals surface area contributed by atoms with E-state index < -0.39 is 12.1 Å². The number of urea groups is 1. The number of carbonyl (C=O) groups excluding carboxylic acids is 3. The lowest BCUT2D eigenvalue weighted by atomic mass is 10.1. The molecule has 0 saturated carbocycles. The molecule has 2 heterocycles. The van der Waals surface area contributed by atoms with Crippen LogP contribution < -0.4 is 20.9 Å². The first kappa shape index (κ1) is 25.3. The fourth-order valence-electron chi connectivity index (χ4n) is 4.28. The smallest absolute Gasteiger partial charge is 0.319 e. The molecule has 0 bridgehead atoms. The molecule has 38 heavy (non-hydrogen) atoms. The van der Waals surface area contributed by atoms with Gasteiger partial charge < -0.3 is 30.6 Å². The van der Waals surface area contributed by atoms with Gasteiger partial charge in [0.15, 0.2) is 0 Å². The summed E-state index contributed by atoms with van der Waals surface area (Å²) in [5.41, 5.74) is 3.57. The number of H-pyrrole nitrogens is 1. The number of halogens is 1. The molecule has 1 saturated heterocycles. The van der Waals surface area contributed by atoms with Crippen LogP contribution in [-0.4, -0.2) is 48.6 Å². The van der Waals surface area contributed by atoms with E-state index in [4.69, 9.17) is 16.3 Å². The van der Waals surface area contributed by atoms with Gasteiger partial charge in [0.25, 0.3) is 5.91 Å². The molecule has 9 nitrogen and oxygen atoms in total. The van der Waals surface area contributed by atoms with Crippen molar-refractivity contribution < 1.29 is 19.1 Å². The summed E-state index contributed by atoms with van der Waals surface area (Å²) in [7, 11) is 0. The number of aromatic amines is 1. The maximum absolute atomic E-state index is 13.3. The van der Waals surface area contributed by atoms with E-state index in [9.17, 15) is 14.4 Å². The zero-order valence-corrected chi connectivity index (χ0v) is 21.1. The van der Waals surface area contributed by atoms with E-state index in [2.05, 4.69) is 20.9 Å². The summed E-state index contributed by atoms with van der Waals surface area (Å²) in [6, 6.07) is 22.0. The number of carbonyl (C=O) groups is 3. The van der Waals surface area contributed by atoms with E-state index in [0.29, 0.717) is 29.5 Å². The molecule has 0 unspecified atom stereocenters. The molecule has 4 aromatic rings. The number of hydrogen-bond acceptors (Lipinski definition) is 4. The van der Waals surface area contributed by atoms with E-state index >= 15 is 0 Å². The van der Waals surface area contributed by atoms with Crippen LogP contribution in [0.4, 0.5) is 21.9 Å². The summed E-state index contributed by atoms with van der Waals surface area (Å²) in [5, 5.41) is 9.95. The van der Waals surface area contributed by atoms with Gasteiger partial charge in [-0.2, -0.15) is 0 Å². The van der Waals surface area contributed by atoms with Crippen LogP contribution in [-0.2, 0) is 20.7 Å². The first-order valence-corrected chi connectivity index (χ1v) is 12.5. The summed E-state index contributed by atoms with van der Waals surface area (Å²) in [4.78, 5) is 43.2. The summed E-state index contributed by atoms with van der Waals surface area (Å²) < 4.78 is 5.18. The van der Waals surface area contributed by atoms with Gasteiger partial charge >= 0.3 is 6.03 Å². The van der Waals surface area contributed by atoms with Crippen LogP contribution in [0.3, 0.4) is 0 Å². The summed E-state index contributed by atoms with van der Waals surface area (Å²) >= 11 is 5.93. The lowest BCUT2D eigenvalue weighted by molar-refractivity contribution is -0.125. The van der Waals surface area contributed by atoms with Crippen molar-refractivity contribution in [3.05, 3.63) is 89.6 Å². The molecule has 0 radical (unpaired) electrons. The largest absolute Gasteiger partial charge is 0.370 e. The van der Waals surface area contributed by atoms with Crippen LogP contribution in [0.5, 0.6) is 0 Å². The molecule has 5 rings (SSSR count). The van der Waals surface area contributed by atoms with Crippen LogP contribution in [0.2, 0.25) is 5.02 Å². The number of fused-ring (bicyclic) bond motifs is 1. The Morgan fingerprint density at radius 3 is 2.42 bits per heavy atom. The Bertz CT molecular complexity index is 1420. The molecule has 1 aromatic heterocycles. The fourth-order valence-corrected chi connectivity index (χ4v) is 4.40. The Morgan fingerprint density at radius 2 is 1.68 bits per heavy atom. The van der Waals surface area contributed by atoms with Gasteiger partial charge in [0.2, 0.25) is 5.91 Å². The molecule has 1 atom stereocenters. The second kappa shape index (κ2) is 11.4. The Kier molecular flexibility index (Phi) is 7.57. The predicted molar refractivity (Wildman–Crippen MR) is 148 cm³/mol. The van der Waals surface area contributed by atoms with E-state index in [1.54, 1.807) is 53.4 Å². The number of hydrogen-bond donors (Lipinski definition) is 4. The minimum atomic E-state index is -0.879. The number of ether oxygens (including phenoxy) is 1. The minimum Gasteiger partial charge on any atom is -0.370 e. The number of benzene rings is 3. The predicted octanol–water partition coefficient (Wildman–Crippen LogP) is 4.56. The van der Waals surface area contributed by atoms with E-state index in [-0.39, 0.29) is 24.8 Å². The van der Waals surface area contributed by atoms with Crippen molar-refractivity contribution >= 4 is 57.4 Å². The first-order chi connectivity index (χ1) is 18.4. The number of para-hydroxylation sites is 1. The standard InChI is InChI=1S/C28H26ClN5O4/c29-19-5-7-21(8-6-19)32-28(37)33-25(16-22-15-18-3-1-2-4-24(18)30-22)27(36)31-20-9-11-23(12-10-20)34-13-14-38-17-26(34)35/h1-12,15,25,30H,13-14,16-17H2,(H,31,36)(H2,32,33,37)/t25-/m1/s1. The quantitative estimate of drug-likeness (QED) is 0.280. The second-order valence-electron chi connectivity index (χ2n) is 8.88. The summed E-state index contributed by atoms with van der Waals surface area (Å²) in [5.74, 6) is -0.493. The molecule has 4 N–H and O–H groups in total. The third-order valence-corrected chi connectivity index (χ3v) is 6.42. The van der Waals surface area contributed by atoms with Crippen molar-refractivity contribution in [3.8, 4) is 0 Å². The Hall–Kier alpha value is -4.34. The zero-order chi connectivity index (χ0) is 26.5. The van der Waals surface area contributed by atoms with Gasteiger partial charge in [-0.1, -0.05) is 29.8 Å². The van der Waals surface area contributed by atoms with Crippen molar-refractivity contribution in [2.75, 3.05) is 35.3 Å². The van der Waals surface area contributed by atoms with Crippen molar-refractivity contribution in [3.63, 3.8) is 0 Å². The average molecular weight is 532 g/mol. The van der Waals surface area contributed by atoms with Crippen LogP contribution in [0, 0.1) is 0 Å². The average Bonchev–Trinajstić information content (AvgIpc) is 3.33. The molecule has 1 aliphatic rings. The number of rotatable bonds is 7. The van der Waals surface area contributed by atoms with Gasteiger partial charge in [-0.05, 0) is 66.0 Å². The molecule has 194 valence electrons. The molecule has 0 aliphatic carbocycles. The molecule has 3 aromatic carbocycles. The monoisotopic (exact) mass is 531 g/mol. The highest BCUT2D eigenvalue weighted by Crippen LogP contribution is 2.21. The number of anilines is 3. The lowest BCUT2D eigenvalue weighted by Gasteiger charge is -2.27. The molecule has 0 spiro atoms. The van der Waals surface area contributed by atoms with Crippen LogP contribution in [0.25, 0.3) is 10.9 Å². The van der Waals surface area contributed by atoms with Crippen molar-refractivity contribution in [2.45, 2.75) is 12.5 Å². The lowest BCUT2D eigenvalue weighted by Crippen LogP contribution is -2.47. The normalized spacial score (nSPS) is 14.2. The molecular weight excluding hydrogens is 506 g/mol. The third kappa shape index (κ3) is 6.13. The van der Waals surface area contributed by atoms with Gasteiger partial charge in [0, 0.05) is 46.3 Å². The number of amides is 4. The molecule has 1 aliphatic heterocycles. The highest BCUT2D eigenvalue weighted by molar-refractivity contribution is 6.30. The van der Waals surface area contributed by atoms with Crippen molar-refractivity contribution in [2.24, 2.45) is 0 Å². The van der Waals surface area contributed by atoms with Gasteiger partial charge in [-0.15, -0.1) is 0 Å². The first-order valence-electron chi connectivity index (χ1n) is 12.1. The number of aromatic nitrogens is 1. The van der Waals surface area contributed by atoms with Gasteiger partial charge in [0.05, 0.1) is 6.61 Å². The van der Waals surface area contributed by atoms with Gasteiger partial charge in [-0.3, -0.25) is 9.59 Å². The zero-order valence-electron chi connectivity index (χ0n) is 20.4. The third-order valence-electron chi connectivity index (χ3n) is 6.17. The topological polar surface area (TPSA) is 116 Å². The van der Waals surface area contributed by atoms with Crippen molar-refractivity contribution in [1.82, 2.24) is 10.3 Å². The fraction of sp³-hybridized carbons (Fsp3) is 0.179. The van der Waals surface area contributed by atoms with Gasteiger partial charge in [-0.25, -0.2) is 4.79 Å².